The number of carbonyl (C=O) groups excluding carboxylic acids is 1. The van der Waals surface area contributed by atoms with Crippen molar-refractivity contribution in [1.29, 1.82) is 0 Å². The lowest BCUT2D eigenvalue weighted by atomic mass is 10.0. The van der Waals surface area contributed by atoms with Crippen molar-refractivity contribution in [3.8, 4) is 0 Å². The van der Waals surface area contributed by atoms with Crippen LogP contribution in [0.4, 0.5) is 4.79 Å². The highest BCUT2D eigenvalue weighted by Gasteiger charge is 2.35. The summed E-state index contributed by atoms with van der Waals surface area (Å²) in [6.45, 7) is 8.42. The van der Waals surface area contributed by atoms with Crippen molar-refractivity contribution in [3.05, 3.63) is 11.7 Å². The van der Waals surface area contributed by atoms with Crippen LogP contribution in [0.3, 0.4) is 0 Å². The minimum absolute atomic E-state index is 0.0133. The maximum atomic E-state index is 12.5. The van der Waals surface area contributed by atoms with Crippen molar-refractivity contribution in [1.82, 2.24) is 20.4 Å². The fourth-order valence-corrected chi connectivity index (χ4v) is 2.71. The van der Waals surface area contributed by atoms with Gasteiger partial charge in [-0.2, -0.15) is 4.98 Å². The van der Waals surface area contributed by atoms with Crippen LogP contribution in [-0.4, -0.2) is 45.4 Å². The Kier molecular flexibility index (Phi) is 4.82. The summed E-state index contributed by atoms with van der Waals surface area (Å²) in [4.78, 5) is 18.4. The average Bonchev–Trinajstić information content (AvgIpc) is 3.01. The Balaban J connectivity index is 2.09. The van der Waals surface area contributed by atoms with Gasteiger partial charge < -0.3 is 19.8 Å². The van der Waals surface area contributed by atoms with Crippen LogP contribution in [-0.2, 0) is 0 Å². The SMILES string of the molecule is Cc1noc(C(NC(=O)N2CCC(C)C2CO)C(C)C)n1. The van der Waals surface area contributed by atoms with Crippen LogP contribution >= 0.6 is 0 Å². The molecule has 21 heavy (non-hydrogen) atoms. The van der Waals surface area contributed by atoms with E-state index in [0.29, 0.717) is 24.2 Å². The molecule has 2 N–H and O–H groups in total. The first-order chi connectivity index (χ1) is 9.93. The van der Waals surface area contributed by atoms with Crippen molar-refractivity contribution >= 4 is 6.03 Å². The quantitative estimate of drug-likeness (QED) is 0.878. The van der Waals surface area contributed by atoms with E-state index < -0.39 is 0 Å². The number of aliphatic hydroxyl groups is 1. The first-order valence-corrected chi connectivity index (χ1v) is 7.42. The summed E-state index contributed by atoms with van der Waals surface area (Å²) in [5.41, 5.74) is 0. The molecule has 0 aromatic carbocycles. The summed E-state index contributed by atoms with van der Waals surface area (Å²) in [6, 6.07) is -0.635. The molecule has 1 aromatic heterocycles. The number of urea groups is 1. The minimum Gasteiger partial charge on any atom is -0.394 e. The van der Waals surface area contributed by atoms with E-state index in [4.69, 9.17) is 4.52 Å². The molecule has 3 unspecified atom stereocenters. The number of aryl methyl sites for hydroxylation is 1. The third-order valence-corrected chi connectivity index (χ3v) is 4.09. The molecule has 2 heterocycles. The van der Waals surface area contributed by atoms with Gasteiger partial charge in [0, 0.05) is 6.54 Å². The number of rotatable bonds is 4. The Morgan fingerprint density at radius 2 is 2.29 bits per heavy atom. The van der Waals surface area contributed by atoms with Crippen molar-refractivity contribution in [2.75, 3.05) is 13.2 Å². The van der Waals surface area contributed by atoms with E-state index in [-0.39, 0.29) is 30.6 Å². The van der Waals surface area contributed by atoms with Gasteiger partial charge in [-0.05, 0) is 25.2 Å². The zero-order valence-electron chi connectivity index (χ0n) is 13.0. The van der Waals surface area contributed by atoms with Gasteiger partial charge in [0.1, 0.15) is 6.04 Å². The number of likely N-dealkylation sites (tertiary alicyclic amines) is 1. The van der Waals surface area contributed by atoms with Gasteiger partial charge >= 0.3 is 6.03 Å². The van der Waals surface area contributed by atoms with E-state index in [9.17, 15) is 9.90 Å². The van der Waals surface area contributed by atoms with Crippen LogP contribution < -0.4 is 5.32 Å². The number of nitrogens with zero attached hydrogens (tertiary/aromatic N) is 3. The highest BCUT2D eigenvalue weighted by Crippen LogP contribution is 2.25. The molecule has 1 fully saturated rings. The number of aromatic nitrogens is 2. The highest BCUT2D eigenvalue weighted by atomic mass is 16.5. The van der Waals surface area contributed by atoms with Gasteiger partial charge in [0.25, 0.3) is 0 Å². The van der Waals surface area contributed by atoms with Crippen LogP contribution in [0.5, 0.6) is 0 Å². The normalized spacial score (nSPS) is 23.6. The predicted octanol–water partition coefficient (Wildman–Crippen LogP) is 1.49. The third-order valence-electron chi connectivity index (χ3n) is 4.09. The van der Waals surface area contributed by atoms with Gasteiger partial charge in [-0.3, -0.25) is 0 Å². The van der Waals surface area contributed by atoms with E-state index in [1.807, 2.05) is 13.8 Å². The third kappa shape index (κ3) is 3.34. The number of nitrogens with one attached hydrogen (secondary N) is 1. The second-order valence-electron chi connectivity index (χ2n) is 6.06. The van der Waals surface area contributed by atoms with Gasteiger partial charge in [0.15, 0.2) is 5.82 Å². The Morgan fingerprint density at radius 1 is 1.57 bits per heavy atom. The Morgan fingerprint density at radius 3 is 2.81 bits per heavy atom. The molecule has 7 nitrogen and oxygen atoms in total. The second kappa shape index (κ2) is 6.43. The number of carbonyl (C=O) groups is 1. The van der Waals surface area contributed by atoms with Gasteiger partial charge in [0.05, 0.1) is 12.6 Å². The lowest BCUT2D eigenvalue weighted by Gasteiger charge is -2.28. The summed E-state index contributed by atoms with van der Waals surface area (Å²) in [5.74, 6) is 1.40. The van der Waals surface area contributed by atoms with Gasteiger partial charge in [-0.1, -0.05) is 25.9 Å². The molecule has 0 spiro atoms. The van der Waals surface area contributed by atoms with Crippen molar-refractivity contribution in [2.45, 2.75) is 46.2 Å². The van der Waals surface area contributed by atoms with E-state index in [1.54, 1.807) is 11.8 Å². The molecule has 1 aromatic rings. The van der Waals surface area contributed by atoms with Crippen LogP contribution in [0.2, 0.25) is 0 Å². The monoisotopic (exact) mass is 296 g/mol. The summed E-state index contributed by atoms with van der Waals surface area (Å²) in [7, 11) is 0. The molecule has 3 atom stereocenters. The predicted molar refractivity (Wildman–Crippen MR) is 76.5 cm³/mol. The summed E-state index contributed by atoms with van der Waals surface area (Å²) in [6.07, 6.45) is 0.907. The standard InChI is InChI=1S/C14H24N4O3/c1-8(2)12(13-15-10(4)17-21-13)16-14(20)18-6-5-9(3)11(18)7-19/h8-9,11-12,19H,5-7H2,1-4H3,(H,16,20). The Hall–Kier alpha value is -1.63. The maximum Gasteiger partial charge on any atom is 0.318 e. The molecule has 118 valence electrons. The number of hydrogen-bond acceptors (Lipinski definition) is 5. The first kappa shape index (κ1) is 15.8. The van der Waals surface area contributed by atoms with E-state index in [1.165, 1.54) is 0 Å². The van der Waals surface area contributed by atoms with E-state index in [0.717, 1.165) is 6.42 Å². The summed E-state index contributed by atoms with van der Waals surface area (Å²) >= 11 is 0. The zero-order valence-corrected chi connectivity index (χ0v) is 13.0. The van der Waals surface area contributed by atoms with Crippen LogP contribution in [0.25, 0.3) is 0 Å². The number of hydrogen-bond donors (Lipinski definition) is 2. The molecule has 2 rings (SSSR count). The van der Waals surface area contributed by atoms with Crippen LogP contribution in [0.15, 0.2) is 4.52 Å². The van der Waals surface area contributed by atoms with Crippen LogP contribution in [0, 0.1) is 18.8 Å². The number of amides is 2. The molecule has 0 bridgehead atoms. The topological polar surface area (TPSA) is 91.5 Å². The fourth-order valence-electron chi connectivity index (χ4n) is 2.71. The first-order valence-electron chi connectivity index (χ1n) is 7.42. The molecule has 2 amide bonds. The van der Waals surface area contributed by atoms with Crippen molar-refractivity contribution in [3.63, 3.8) is 0 Å². The van der Waals surface area contributed by atoms with Gasteiger partial charge in [-0.25, -0.2) is 4.79 Å². The molecule has 1 aliphatic rings. The largest absolute Gasteiger partial charge is 0.394 e. The van der Waals surface area contributed by atoms with Gasteiger partial charge in [0.2, 0.25) is 5.89 Å². The highest BCUT2D eigenvalue weighted by molar-refractivity contribution is 5.75. The van der Waals surface area contributed by atoms with E-state index in [2.05, 4.69) is 22.4 Å². The molecule has 1 saturated heterocycles. The smallest absolute Gasteiger partial charge is 0.318 e. The number of aliphatic hydroxyl groups excluding tert-OH is 1. The molecular formula is C14H24N4O3. The summed E-state index contributed by atoms with van der Waals surface area (Å²) in [5, 5.41) is 16.2. The van der Waals surface area contributed by atoms with Gasteiger partial charge in [-0.15, -0.1) is 0 Å². The lowest BCUT2D eigenvalue weighted by molar-refractivity contribution is 0.138. The Labute approximate surface area is 124 Å². The minimum atomic E-state index is -0.325. The van der Waals surface area contributed by atoms with Crippen LogP contribution in [0.1, 0.15) is 44.9 Å². The molecule has 0 aliphatic carbocycles. The fraction of sp³-hybridized carbons (Fsp3) is 0.786. The second-order valence-corrected chi connectivity index (χ2v) is 6.06. The molecule has 7 heteroatoms. The molecular weight excluding hydrogens is 272 g/mol. The molecule has 1 aliphatic heterocycles. The summed E-state index contributed by atoms with van der Waals surface area (Å²) < 4.78 is 5.18. The average molecular weight is 296 g/mol. The van der Waals surface area contributed by atoms with Crippen molar-refractivity contribution in [2.24, 2.45) is 11.8 Å². The lowest BCUT2D eigenvalue weighted by Crippen LogP contribution is -2.47. The molecule has 0 saturated carbocycles. The molecule has 0 radical (unpaired) electrons. The van der Waals surface area contributed by atoms with Crippen molar-refractivity contribution < 1.29 is 14.4 Å². The zero-order chi connectivity index (χ0) is 15.6. The maximum absolute atomic E-state index is 12.5. The Bertz CT molecular complexity index is 488. The van der Waals surface area contributed by atoms with E-state index >= 15 is 0 Å².